The van der Waals surface area contributed by atoms with E-state index in [1.165, 1.54) is 12.1 Å². The molecule has 0 aliphatic rings. The summed E-state index contributed by atoms with van der Waals surface area (Å²) >= 11 is 5.81. The molecule has 0 bridgehead atoms. The zero-order valence-electron chi connectivity index (χ0n) is 8.92. The Morgan fingerprint density at radius 2 is 2.24 bits per heavy atom. The minimum atomic E-state index is -1.07. The lowest BCUT2D eigenvalue weighted by molar-refractivity contribution is 0.0697. The molecule has 1 aromatic heterocycles. The van der Waals surface area contributed by atoms with E-state index in [1.807, 2.05) is 0 Å². The number of carboxylic acids is 1. The molecule has 0 radical (unpaired) electrons. The molecule has 6 heteroatoms. The lowest BCUT2D eigenvalue weighted by atomic mass is 10.2. The van der Waals surface area contributed by atoms with Crippen molar-refractivity contribution in [3.05, 3.63) is 41.2 Å². The second kappa shape index (κ2) is 4.47. The average Bonchev–Trinajstić information content (AvgIpc) is 2.63. The Labute approximate surface area is 102 Å². The SMILES string of the molecule is Cn1cc(Oc2ccc(C(=O)O)c(Cl)c2)cn1. The first kappa shape index (κ1) is 11.5. The number of carboxylic acid groups (broad SMARTS) is 1. The van der Waals surface area contributed by atoms with Gasteiger partial charge in [0.25, 0.3) is 0 Å². The predicted molar refractivity (Wildman–Crippen MR) is 61.7 cm³/mol. The molecule has 5 nitrogen and oxygen atoms in total. The number of nitrogens with zero attached hydrogens (tertiary/aromatic N) is 2. The predicted octanol–water partition coefficient (Wildman–Crippen LogP) is 2.56. The largest absolute Gasteiger partial charge is 0.478 e. The fourth-order valence-corrected chi connectivity index (χ4v) is 1.57. The van der Waals surface area contributed by atoms with Crippen molar-refractivity contribution >= 4 is 17.6 Å². The van der Waals surface area contributed by atoms with Crippen molar-refractivity contribution in [1.82, 2.24) is 9.78 Å². The summed E-state index contributed by atoms with van der Waals surface area (Å²) in [6.07, 6.45) is 3.25. The molecule has 1 N–H and O–H groups in total. The summed E-state index contributed by atoms with van der Waals surface area (Å²) in [4.78, 5) is 10.8. The standard InChI is InChI=1S/C11H9ClN2O3/c1-14-6-8(5-13-14)17-7-2-3-9(11(15)16)10(12)4-7/h2-6H,1H3,(H,15,16). The van der Waals surface area contributed by atoms with Crippen LogP contribution < -0.4 is 4.74 Å². The Bertz CT molecular complexity index is 566. The average molecular weight is 253 g/mol. The minimum Gasteiger partial charge on any atom is -0.478 e. The van der Waals surface area contributed by atoms with Gasteiger partial charge in [-0.2, -0.15) is 5.10 Å². The van der Waals surface area contributed by atoms with Crippen LogP contribution in [0.25, 0.3) is 0 Å². The lowest BCUT2D eigenvalue weighted by Crippen LogP contribution is -1.97. The molecule has 0 spiro atoms. The van der Waals surface area contributed by atoms with Crippen molar-refractivity contribution in [2.24, 2.45) is 7.05 Å². The Balaban J connectivity index is 2.23. The van der Waals surface area contributed by atoms with E-state index >= 15 is 0 Å². The first-order valence-electron chi connectivity index (χ1n) is 4.75. The molecule has 0 saturated carbocycles. The Morgan fingerprint density at radius 3 is 2.76 bits per heavy atom. The van der Waals surface area contributed by atoms with E-state index < -0.39 is 5.97 Å². The molecule has 2 rings (SSSR count). The molecule has 2 aromatic rings. The summed E-state index contributed by atoms with van der Waals surface area (Å²) in [7, 11) is 1.77. The van der Waals surface area contributed by atoms with Crippen molar-refractivity contribution in [2.45, 2.75) is 0 Å². The maximum absolute atomic E-state index is 10.8. The Kier molecular flexibility index (Phi) is 3.01. The summed E-state index contributed by atoms with van der Waals surface area (Å²) in [5.74, 6) is -0.0393. The highest BCUT2D eigenvalue weighted by atomic mass is 35.5. The first-order chi connectivity index (χ1) is 8.06. The van der Waals surface area contributed by atoms with Crippen molar-refractivity contribution in [3.8, 4) is 11.5 Å². The van der Waals surface area contributed by atoms with Gasteiger partial charge in [0.2, 0.25) is 0 Å². The van der Waals surface area contributed by atoms with Crippen LogP contribution in [0.2, 0.25) is 5.02 Å². The van der Waals surface area contributed by atoms with Crippen LogP contribution in [0.4, 0.5) is 0 Å². The maximum Gasteiger partial charge on any atom is 0.337 e. The molecule has 17 heavy (non-hydrogen) atoms. The number of aromatic nitrogens is 2. The third-order valence-electron chi connectivity index (χ3n) is 2.09. The van der Waals surface area contributed by atoms with Crippen molar-refractivity contribution in [3.63, 3.8) is 0 Å². The van der Waals surface area contributed by atoms with Crippen molar-refractivity contribution in [1.29, 1.82) is 0 Å². The highest BCUT2D eigenvalue weighted by Gasteiger charge is 2.10. The fourth-order valence-electron chi connectivity index (χ4n) is 1.32. The number of carbonyl (C=O) groups is 1. The van der Waals surface area contributed by atoms with Gasteiger partial charge in [0.1, 0.15) is 5.75 Å². The third-order valence-corrected chi connectivity index (χ3v) is 2.40. The van der Waals surface area contributed by atoms with Gasteiger partial charge >= 0.3 is 5.97 Å². The molecule has 0 unspecified atom stereocenters. The van der Waals surface area contributed by atoms with Gasteiger partial charge in [-0.15, -0.1) is 0 Å². The van der Waals surface area contributed by atoms with Gasteiger partial charge in [-0.25, -0.2) is 4.79 Å². The van der Waals surface area contributed by atoms with Gasteiger partial charge in [-0.1, -0.05) is 11.6 Å². The topological polar surface area (TPSA) is 64.3 Å². The van der Waals surface area contributed by atoms with E-state index in [1.54, 1.807) is 30.2 Å². The normalized spacial score (nSPS) is 10.2. The monoisotopic (exact) mass is 252 g/mol. The molecule has 0 amide bonds. The van der Waals surface area contributed by atoms with Gasteiger partial charge in [0, 0.05) is 13.1 Å². The van der Waals surface area contributed by atoms with Crippen LogP contribution in [0.15, 0.2) is 30.6 Å². The molecular formula is C11H9ClN2O3. The number of hydrogen-bond donors (Lipinski definition) is 1. The summed E-state index contributed by atoms with van der Waals surface area (Å²) < 4.78 is 7.05. The number of hydrogen-bond acceptors (Lipinski definition) is 3. The molecule has 0 aliphatic heterocycles. The van der Waals surface area contributed by atoms with Gasteiger partial charge < -0.3 is 9.84 Å². The number of aryl methyl sites for hydroxylation is 1. The molecule has 0 saturated heterocycles. The zero-order chi connectivity index (χ0) is 12.4. The Morgan fingerprint density at radius 1 is 1.47 bits per heavy atom. The van der Waals surface area contributed by atoms with Crippen LogP contribution in [0.5, 0.6) is 11.5 Å². The highest BCUT2D eigenvalue weighted by molar-refractivity contribution is 6.33. The second-order valence-corrected chi connectivity index (χ2v) is 3.81. The van der Waals surface area contributed by atoms with E-state index in [9.17, 15) is 4.79 Å². The molecule has 1 aromatic carbocycles. The van der Waals surface area contributed by atoms with E-state index in [0.29, 0.717) is 11.5 Å². The van der Waals surface area contributed by atoms with E-state index in [2.05, 4.69) is 5.10 Å². The summed E-state index contributed by atoms with van der Waals surface area (Å²) in [6, 6.07) is 4.40. The first-order valence-corrected chi connectivity index (χ1v) is 5.13. The van der Waals surface area contributed by atoms with Crippen LogP contribution in [-0.4, -0.2) is 20.9 Å². The van der Waals surface area contributed by atoms with Crippen LogP contribution >= 0.6 is 11.6 Å². The fraction of sp³-hybridized carbons (Fsp3) is 0.0909. The molecule has 88 valence electrons. The molecule has 0 fully saturated rings. The summed E-state index contributed by atoms with van der Waals surface area (Å²) in [5.41, 5.74) is 0.0465. The minimum absolute atomic E-state index is 0.0465. The van der Waals surface area contributed by atoms with E-state index in [-0.39, 0.29) is 10.6 Å². The van der Waals surface area contributed by atoms with Gasteiger partial charge in [-0.05, 0) is 12.1 Å². The quantitative estimate of drug-likeness (QED) is 0.912. The van der Waals surface area contributed by atoms with E-state index in [0.717, 1.165) is 0 Å². The number of benzene rings is 1. The molecule has 0 aliphatic carbocycles. The van der Waals surface area contributed by atoms with Gasteiger partial charge in [-0.3, -0.25) is 4.68 Å². The number of halogens is 1. The smallest absolute Gasteiger partial charge is 0.337 e. The van der Waals surface area contributed by atoms with Crippen LogP contribution in [0, 0.1) is 0 Å². The Hall–Kier alpha value is -2.01. The van der Waals surface area contributed by atoms with Crippen molar-refractivity contribution < 1.29 is 14.6 Å². The van der Waals surface area contributed by atoms with Gasteiger partial charge in [0.05, 0.1) is 23.0 Å². The lowest BCUT2D eigenvalue weighted by Gasteiger charge is -2.04. The maximum atomic E-state index is 10.8. The van der Waals surface area contributed by atoms with Crippen LogP contribution in [-0.2, 0) is 7.05 Å². The van der Waals surface area contributed by atoms with Gasteiger partial charge in [0.15, 0.2) is 5.75 Å². The number of aromatic carboxylic acids is 1. The second-order valence-electron chi connectivity index (χ2n) is 3.40. The molecule has 1 heterocycles. The van der Waals surface area contributed by atoms with E-state index in [4.69, 9.17) is 21.4 Å². The zero-order valence-corrected chi connectivity index (χ0v) is 9.68. The number of rotatable bonds is 3. The summed E-state index contributed by atoms with van der Waals surface area (Å²) in [5, 5.41) is 12.9. The van der Waals surface area contributed by atoms with Crippen molar-refractivity contribution in [2.75, 3.05) is 0 Å². The highest BCUT2D eigenvalue weighted by Crippen LogP contribution is 2.26. The third kappa shape index (κ3) is 2.57. The molecule has 0 atom stereocenters. The molecular weight excluding hydrogens is 244 g/mol. The van der Waals surface area contributed by atoms with Crippen LogP contribution in [0.3, 0.4) is 0 Å². The number of ether oxygens (including phenoxy) is 1. The van der Waals surface area contributed by atoms with Crippen LogP contribution in [0.1, 0.15) is 10.4 Å². The summed E-state index contributed by atoms with van der Waals surface area (Å²) in [6.45, 7) is 0.